The van der Waals surface area contributed by atoms with E-state index in [0.29, 0.717) is 43.6 Å². The minimum Gasteiger partial charge on any atom is -0.493 e. The van der Waals surface area contributed by atoms with Crippen molar-refractivity contribution in [3.8, 4) is 11.5 Å². The largest absolute Gasteiger partial charge is 0.493 e. The topological polar surface area (TPSA) is 55.8 Å². The van der Waals surface area contributed by atoms with E-state index in [2.05, 4.69) is 15.9 Å². The van der Waals surface area contributed by atoms with E-state index in [4.69, 9.17) is 21.1 Å². The summed E-state index contributed by atoms with van der Waals surface area (Å²) in [6, 6.07) is 18.8. The summed E-state index contributed by atoms with van der Waals surface area (Å²) in [6.07, 6.45) is 1.68. The molecule has 3 aromatic rings. The minimum atomic E-state index is -0.357. The van der Waals surface area contributed by atoms with Crippen LogP contribution in [0.1, 0.15) is 22.3 Å². The van der Waals surface area contributed by atoms with Crippen molar-refractivity contribution in [2.75, 3.05) is 7.11 Å². The number of carbonyl (C=O) groups excluding carboxylic acids is 2. The number of imide groups is 1. The SMILES string of the molecule is COc1cc(/C=C2\SC(=O)N(Cc3ccccc3Cl)C2=O)cc(Br)c1OCc1ccccc1C. The zero-order chi connectivity index (χ0) is 24.2. The normalized spacial score (nSPS) is 14.7. The predicted molar refractivity (Wildman–Crippen MR) is 139 cm³/mol. The van der Waals surface area contributed by atoms with Crippen LogP contribution in [-0.2, 0) is 17.9 Å². The molecular weight excluding hydrogens is 538 g/mol. The van der Waals surface area contributed by atoms with Crippen molar-refractivity contribution in [1.82, 2.24) is 4.90 Å². The number of hydrogen-bond donors (Lipinski definition) is 0. The zero-order valence-corrected chi connectivity index (χ0v) is 21.7. The van der Waals surface area contributed by atoms with Crippen molar-refractivity contribution >= 4 is 56.5 Å². The van der Waals surface area contributed by atoms with Gasteiger partial charge in [-0.2, -0.15) is 0 Å². The minimum absolute atomic E-state index is 0.125. The molecule has 1 aliphatic heterocycles. The molecule has 3 aromatic carbocycles. The van der Waals surface area contributed by atoms with Gasteiger partial charge in [0.25, 0.3) is 11.1 Å². The molecule has 5 nitrogen and oxygen atoms in total. The second kappa shape index (κ2) is 10.7. The third-order valence-corrected chi connectivity index (χ3v) is 7.21. The number of hydrogen-bond acceptors (Lipinski definition) is 5. The molecule has 0 aliphatic carbocycles. The smallest absolute Gasteiger partial charge is 0.293 e. The molecule has 0 bridgehead atoms. The Morgan fingerprint density at radius 2 is 1.76 bits per heavy atom. The van der Waals surface area contributed by atoms with E-state index in [-0.39, 0.29) is 17.7 Å². The summed E-state index contributed by atoms with van der Waals surface area (Å²) in [5.74, 6) is 0.726. The number of carbonyl (C=O) groups is 2. The summed E-state index contributed by atoms with van der Waals surface area (Å²) in [5.41, 5.74) is 3.64. The van der Waals surface area contributed by atoms with Crippen LogP contribution in [0.4, 0.5) is 4.79 Å². The molecule has 1 aliphatic rings. The molecule has 1 saturated heterocycles. The molecule has 34 heavy (non-hydrogen) atoms. The number of halogens is 2. The molecule has 0 radical (unpaired) electrons. The van der Waals surface area contributed by atoms with Crippen molar-refractivity contribution in [3.63, 3.8) is 0 Å². The van der Waals surface area contributed by atoms with Crippen molar-refractivity contribution in [2.24, 2.45) is 0 Å². The molecule has 0 atom stereocenters. The lowest BCUT2D eigenvalue weighted by molar-refractivity contribution is -0.123. The molecular formula is C26H21BrClNO4S. The molecule has 2 amide bonds. The van der Waals surface area contributed by atoms with Gasteiger partial charge in [0, 0.05) is 5.02 Å². The molecule has 8 heteroatoms. The molecule has 0 spiro atoms. The van der Waals surface area contributed by atoms with Gasteiger partial charge < -0.3 is 9.47 Å². The fraction of sp³-hybridized carbons (Fsp3) is 0.154. The quantitative estimate of drug-likeness (QED) is 0.286. The summed E-state index contributed by atoms with van der Waals surface area (Å²) in [6.45, 7) is 2.55. The summed E-state index contributed by atoms with van der Waals surface area (Å²) < 4.78 is 12.3. The van der Waals surface area contributed by atoms with Gasteiger partial charge in [-0.1, -0.05) is 54.1 Å². The maximum atomic E-state index is 12.9. The maximum Gasteiger partial charge on any atom is 0.293 e. The Balaban J connectivity index is 1.55. The number of rotatable bonds is 7. The van der Waals surface area contributed by atoms with Gasteiger partial charge in [0.1, 0.15) is 6.61 Å². The van der Waals surface area contributed by atoms with Gasteiger partial charge in [-0.3, -0.25) is 14.5 Å². The van der Waals surface area contributed by atoms with Gasteiger partial charge >= 0.3 is 0 Å². The van der Waals surface area contributed by atoms with Crippen LogP contribution in [0.15, 0.2) is 70.0 Å². The van der Waals surface area contributed by atoms with E-state index in [9.17, 15) is 9.59 Å². The first-order valence-corrected chi connectivity index (χ1v) is 12.4. The lowest BCUT2D eigenvalue weighted by Gasteiger charge is -2.15. The van der Waals surface area contributed by atoms with E-state index in [1.54, 1.807) is 37.5 Å². The first-order chi connectivity index (χ1) is 16.4. The number of thioether (sulfide) groups is 1. The van der Waals surface area contributed by atoms with Gasteiger partial charge in [-0.05, 0) is 81.1 Å². The highest BCUT2D eigenvalue weighted by Gasteiger charge is 2.35. The van der Waals surface area contributed by atoms with Crippen molar-refractivity contribution in [2.45, 2.75) is 20.1 Å². The second-order valence-electron chi connectivity index (χ2n) is 7.61. The van der Waals surface area contributed by atoms with E-state index >= 15 is 0 Å². The molecule has 0 unspecified atom stereocenters. The van der Waals surface area contributed by atoms with Crippen molar-refractivity contribution < 1.29 is 19.1 Å². The number of amides is 2. The molecule has 174 valence electrons. The Bertz CT molecular complexity index is 1290. The highest BCUT2D eigenvalue weighted by Crippen LogP contribution is 2.40. The van der Waals surface area contributed by atoms with Crippen LogP contribution in [0.5, 0.6) is 11.5 Å². The van der Waals surface area contributed by atoms with E-state index in [1.807, 2.05) is 43.3 Å². The molecule has 0 aromatic heterocycles. The highest BCUT2D eigenvalue weighted by molar-refractivity contribution is 9.10. The lowest BCUT2D eigenvalue weighted by Crippen LogP contribution is -2.27. The summed E-state index contributed by atoms with van der Waals surface area (Å²) >= 11 is 10.7. The monoisotopic (exact) mass is 557 g/mol. The predicted octanol–water partition coefficient (Wildman–Crippen LogP) is 7.24. The fourth-order valence-electron chi connectivity index (χ4n) is 3.47. The first kappa shape index (κ1) is 24.4. The van der Waals surface area contributed by atoms with Crippen LogP contribution in [-0.4, -0.2) is 23.2 Å². The third kappa shape index (κ3) is 5.32. The van der Waals surface area contributed by atoms with Crippen LogP contribution in [0.3, 0.4) is 0 Å². The second-order valence-corrected chi connectivity index (χ2v) is 9.86. The number of ether oxygens (including phenoxy) is 2. The lowest BCUT2D eigenvalue weighted by atomic mass is 10.1. The van der Waals surface area contributed by atoms with Gasteiger partial charge in [0.2, 0.25) is 0 Å². The van der Waals surface area contributed by atoms with Crippen LogP contribution in [0.25, 0.3) is 6.08 Å². The number of aryl methyl sites for hydroxylation is 1. The van der Waals surface area contributed by atoms with Gasteiger partial charge in [-0.25, -0.2) is 0 Å². The van der Waals surface area contributed by atoms with Crippen LogP contribution >= 0.6 is 39.3 Å². The molecule has 4 rings (SSSR count). The molecule has 1 fully saturated rings. The summed E-state index contributed by atoms with van der Waals surface area (Å²) in [7, 11) is 1.56. The van der Waals surface area contributed by atoms with Gasteiger partial charge in [0.05, 0.1) is 23.0 Å². The van der Waals surface area contributed by atoms with E-state index in [0.717, 1.165) is 22.9 Å². The average Bonchev–Trinajstić information content (AvgIpc) is 3.07. The number of nitrogens with zero attached hydrogens (tertiary/aromatic N) is 1. The van der Waals surface area contributed by atoms with E-state index in [1.165, 1.54) is 4.90 Å². The van der Waals surface area contributed by atoms with Crippen LogP contribution < -0.4 is 9.47 Å². The average molecular weight is 559 g/mol. The highest BCUT2D eigenvalue weighted by atomic mass is 79.9. The third-order valence-electron chi connectivity index (χ3n) is 5.34. The maximum absolute atomic E-state index is 12.9. The van der Waals surface area contributed by atoms with Gasteiger partial charge in [-0.15, -0.1) is 0 Å². The zero-order valence-electron chi connectivity index (χ0n) is 18.5. The van der Waals surface area contributed by atoms with Crippen molar-refractivity contribution in [1.29, 1.82) is 0 Å². The summed E-state index contributed by atoms with van der Waals surface area (Å²) in [5, 5.41) is 0.181. The number of benzene rings is 3. The molecule has 1 heterocycles. The van der Waals surface area contributed by atoms with Crippen LogP contribution in [0.2, 0.25) is 5.02 Å². The Kier molecular flexibility index (Phi) is 7.66. The Hall–Kier alpha value is -2.74. The number of methoxy groups -OCH3 is 1. The molecule has 0 N–H and O–H groups in total. The standard InChI is InChI=1S/C26H21BrClNO4S/c1-16-7-3-4-9-19(16)15-33-24-20(27)11-17(12-22(24)32-2)13-23-25(30)29(26(31)34-23)14-18-8-5-6-10-21(18)28/h3-13H,14-15H2,1-2H3/b23-13-. The Labute approximate surface area is 215 Å². The molecule has 0 saturated carbocycles. The summed E-state index contributed by atoms with van der Waals surface area (Å²) in [4.78, 5) is 27.0. The first-order valence-electron chi connectivity index (χ1n) is 10.4. The van der Waals surface area contributed by atoms with Gasteiger partial charge in [0.15, 0.2) is 11.5 Å². The van der Waals surface area contributed by atoms with E-state index < -0.39 is 0 Å². The Morgan fingerprint density at radius 1 is 1.06 bits per heavy atom. The Morgan fingerprint density at radius 3 is 2.47 bits per heavy atom. The van der Waals surface area contributed by atoms with Crippen molar-refractivity contribution in [3.05, 3.63) is 97.3 Å². The fourth-order valence-corrected chi connectivity index (χ4v) is 5.08. The van der Waals surface area contributed by atoms with Crippen LogP contribution in [0, 0.1) is 6.92 Å².